The van der Waals surface area contributed by atoms with Crippen molar-refractivity contribution in [3.63, 3.8) is 0 Å². The van der Waals surface area contributed by atoms with Crippen LogP contribution in [0, 0.1) is 11.8 Å². The fourth-order valence-corrected chi connectivity index (χ4v) is 3.38. The molecule has 2 aliphatic heterocycles. The first kappa shape index (κ1) is 12.7. The molecule has 0 aromatic rings. The Morgan fingerprint density at radius 1 is 1.21 bits per heavy atom. The molecule has 3 aliphatic rings. The molecule has 0 bridgehead atoms. The number of morpholine rings is 1. The van der Waals surface area contributed by atoms with Gasteiger partial charge in [0.05, 0.1) is 19.1 Å². The summed E-state index contributed by atoms with van der Waals surface area (Å²) in [5.74, 6) is -0.168. The summed E-state index contributed by atoms with van der Waals surface area (Å²) in [6.45, 7) is 3.29. The number of nitrogens with zero attached hydrogens (tertiary/aromatic N) is 1. The van der Waals surface area contributed by atoms with Gasteiger partial charge in [0.25, 0.3) is 0 Å². The van der Waals surface area contributed by atoms with Crippen LogP contribution in [0.5, 0.6) is 0 Å². The van der Waals surface area contributed by atoms with Crippen LogP contribution in [0.15, 0.2) is 11.8 Å². The first-order chi connectivity index (χ1) is 9.25. The van der Waals surface area contributed by atoms with Crippen LogP contribution >= 0.6 is 0 Å². The highest BCUT2D eigenvalue weighted by Crippen LogP contribution is 2.36. The van der Waals surface area contributed by atoms with Gasteiger partial charge in [-0.2, -0.15) is 0 Å². The number of allylic oxidation sites excluding steroid dienone is 2. The number of carbonyl (C=O) groups excluding carboxylic acids is 2. The summed E-state index contributed by atoms with van der Waals surface area (Å²) in [5, 5.41) is 2.44. The predicted molar refractivity (Wildman–Crippen MR) is 69.1 cm³/mol. The molecule has 2 atom stereocenters. The molecule has 104 valence electrons. The second-order valence-corrected chi connectivity index (χ2v) is 5.49. The molecule has 2 saturated heterocycles. The van der Waals surface area contributed by atoms with Crippen molar-refractivity contribution in [1.82, 2.24) is 10.2 Å². The highest BCUT2D eigenvalue weighted by molar-refractivity contribution is 6.03. The molecule has 0 unspecified atom stereocenters. The molecule has 0 aromatic heterocycles. The summed E-state index contributed by atoms with van der Waals surface area (Å²) in [4.78, 5) is 25.7. The van der Waals surface area contributed by atoms with Gasteiger partial charge >= 0.3 is 0 Å². The highest BCUT2D eigenvalue weighted by atomic mass is 16.5. The largest absolute Gasteiger partial charge is 0.378 e. The van der Waals surface area contributed by atoms with Crippen molar-refractivity contribution >= 4 is 11.8 Å². The fraction of sp³-hybridized carbons (Fsp3) is 0.714. The number of hydrogen-bond acceptors (Lipinski definition) is 4. The zero-order chi connectivity index (χ0) is 13.2. The van der Waals surface area contributed by atoms with Crippen LogP contribution in [0.1, 0.15) is 25.7 Å². The van der Waals surface area contributed by atoms with Crippen LogP contribution in [0.3, 0.4) is 0 Å². The average molecular weight is 264 g/mol. The van der Waals surface area contributed by atoms with E-state index in [1.165, 1.54) is 5.70 Å². The van der Waals surface area contributed by atoms with Gasteiger partial charge < -0.3 is 9.64 Å². The monoisotopic (exact) mass is 264 g/mol. The summed E-state index contributed by atoms with van der Waals surface area (Å²) < 4.78 is 5.39. The Hall–Kier alpha value is -1.36. The van der Waals surface area contributed by atoms with Crippen LogP contribution in [0.25, 0.3) is 0 Å². The minimum absolute atomic E-state index is 0.0870. The van der Waals surface area contributed by atoms with Crippen molar-refractivity contribution in [2.24, 2.45) is 11.8 Å². The van der Waals surface area contributed by atoms with Gasteiger partial charge in [-0.1, -0.05) is 6.08 Å². The maximum absolute atomic E-state index is 11.9. The smallest absolute Gasteiger partial charge is 0.230 e. The van der Waals surface area contributed by atoms with E-state index in [1.807, 2.05) is 0 Å². The Kier molecular flexibility index (Phi) is 3.55. The van der Waals surface area contributed by atoms with Gasteiger partial charge in [-0.05, 0) is 19.3 Å². The molecule has 0 saturated carbocycles. The molecule has 2 amide bonds. The number of imide groups is 1. The summed E-state index contributed by atoms with van der Waals surface area (Å²) in [5.41, 5.74) is 1.27. The Balaban J connectivity index is 1.78. The molecule has 0 aromatic carbocycles. The third-order valence-corrected chi connectivity index (χ3v) is 4.32. The van der Waals surface area contributed by atoms with E-state index in [4.69, 9.17) is 4.74 Å². The summed E-state index contributed by atoms with van der Waals surface area (Å²) in [7, 11) is 0. The number of hydrogen-bond donors (Lipinski definition) is 1. The first-order valence-corrected chi connectivity index (χ1v) is 7.12. The van der Waals surface area contributed by atoms with E-state index < -0.39 is 0 Å². The van der Waals surface area contributed by atoms with E-state index in [2.05, 4.69) is 16.3 Å². The normalized spacial score (nSPS) is 32.2. The predicted octanol–water partition coefficient (Wildman–Crippen LogP) is 0.665. The zero-order valence-electron chi connectivity index (χ0n) is 11.1. The van der Waals surface area contributed by atoms with Crippen LogP contribution < -0.4 is 5.32 Å². The van der Waals surface area contributed by atoms with Crippen molar-refractivity contribution in [1.29, 1.82) is 0 Å². The van der Waals surface area contributed by atoms with Gasteiger partial charge in [0.2, 0.25) is 11.8 Å². The van der Waals surface area contributed by atoms with Crippen molar-refractivity contribution in [2.45, 2.75) is 25.7 Å². The molecule has 0 spiro atoms. The zero-order valence-corrected chi connectivity index (χ0v) is 11.1. The summed E-state index contributed by atoms with van der Waals surface area (Å²) >= 11 is 0. The molecular formula is C14H20N2O3. The van der Waals surface area contributed by atoms with E-state index >= 15 is 0 Å². The maximum Gasteiger partial charge on any atom is 0.230 e. The molecule has 19 heavy (non-hydrogen) atoms. The minimum atomic E-state index is -0.165. The van der Waals surface area contributed by atoms with Gasteiger partial charge in [0.1, 0.15) is 0 Å². The number of rotatable bonds is 2. The molecule has 5 nitrogen and oxygen atoms in total. The maximum atomic E-state index is 11.9. The van der Waals surface area contributed by atoms with Crippen molar-refractivity contribution in [3.8, 4) is 0 Å². The third kappa shape index (κ3) is 2.52. The van der Waals surface area contributed by atoms with Crippen LogP contribution in [-0.4, -0.2) is 43.0 Å². The molecule has 3 rings (SSSR count). The number of amides is 2. The Morgan fingerprint density at radius 2 is 2.00 bits per heavy atom. The quantitative estimate of drug-likeness (QED) is 0.745. The summed E-state index contributed by atoms with van der Waals surface area (Å²) in [6, 6.07) is 0. The molecule has 5 heteroatoms. The Bertz CT molecular complexity index is 413. The second kappa shape index (κ2) is 5.33. The Morgan fingerprint density at radius 3 is 2.68 bits per heavy atom. The standard InChI is InChI=1S/C14H20N2O3/c17-13-9-11(14(18)15-13)10-3-1-2-4-12(10)16-5-7-19-8-6-16/h4,10-11H,1-3,5-9H2,(H,15,17,18)/t10-,11-/m1/s1. The van der Waals surface area contributed by atoms with E-state index in [0.717, 1.165) is 45.6 Å². The average Bonchev–Trinajstić information content (AvgIpc) is 2.79. The van der Waals surface area contributed by atoms with E-state index in [9.17, 15) is 9.59 Å². The van der Waals surface area contributed by atoms with E-state index in [-0.39, 0.29) is 23.7 Å². The molecule has 1 N–H and O–H groups in total. The lowest BCUT2D eigenvalue weighted by Gasteiger charge is -2.38. The van der Waals surface area contributed by atoms with E-state index in [0.29, 0.717) is 6.42 Å². The number of nitrogens with one attached hydrogen (secondary N) is 1. The lowest BCUT2D eigenvalue weighted by Crippen LogP contribution is -2.41. The SMILES string of the molecule is O=C1C[C@H]([C@H]2CCCC=C2N2CCOCC2)C(=O)N1. The van der Waals surface area contributed by atoms with Crippen LogP contribution in [-0.2, 0) is 14.3 Å². The lowest BCUT2D eigenvalue weighted by molar-refractivity contribution is -0.126. The van der Waals surface area contributed by atoms with Gasteiger partial charge in [-0.3, -0.25) is 14.9 Å². The molecule has 2 fully saturated rings. The lowest BCUT2D eigenvalue weighted by atomic mass is 9.80. The van der Waals surface area contributed by atoms with Crippen LogP contribution in [0.4, 0.5) is 0 Å². The van der Waals surface area contributed by atoms with Gasteiger partial charge in [0.15, 0.2) is 0 Å². The summed E-state index contributed by atoms with van der Waals surface area (Å²) in [6.07, 6.45) is 5.80. The van der Waals surface area contributed by atoms with Crippen molar-refractivity contribution < 1.29 is 14.3 Å². The van der Waals surface area contributed by atoms with Gasteiger partial charge in [-0.25, -0.2) is 0 Å². The topological polar surface area (TPSA) is 58.6 Å². The molecular weight excluding hydrogens is 244 g/mol. The molecule has 0 radical (unpaired) electrons. The number of ether oxygens (including phenoxy) is 1. The van der Waals surface area contributed by atoms with Gasteiger partial charge in [-0.15, -0.1) is 0 Å². The minimum Gasteiger partial charge on any atom is -0.378 e. The Labute approximate surface area is 113 Å². The van der Waals surface area contributed by atoms with E-state index in [1.54, 1.807) is 0 Å². The third-order valence-electron chi connectivity index (χ3n) is 4.32. The van der Waals surface area contributed by atoms with Crippen molar-refractivity contribution in [2.75, 3.05) is 26.3 Å². The van der Waals surface area contributed by atoms with Gasteiger partial charge in [0, 0.05) is 31.1 Å². The highest BCUT2D eigenvalue weighted by Gasteiger charge is 2.40. The number of carbonyl (C=O) groups is 2. The second-order valence-electron chi connectivity index (χ2n) is 5.49. The first-order valence-electron chi connectivity index (χ1n) is 7.12. The van der Waals surface area contributed by atoms with Crippen molar-refractivity contribution in [3.05, 3.63) is 11.8 Å². The molecule has 2 heterocycles. The van der Waals surface area contributed by atoms with Crippen LogP contribution in [0.2, 0.25) is 0 Å². The fourth-order valence-electron chi connectivity index (χ4n) is 3.38. The molecule has 1 aliphatic carbocycles.